The molecule has 4 heteroatoms. The Labute approximate surface area is 78.8 Å². The van der Waals surface area contributed by atoms with Crippen LogP contribution in [0.2, 0.25) is 0 Å². The lowest BCUT2D eigenvalue weighted by Crippen LogP contribution is -2.14. The molecule has 0 aliphatic rings. The average molecular weight is 187 g/mol. The molecular weight excluding hydrogens is 182 g/mol. The van der Waals surface area contributed by atoms with E-state index in [2.05, 4.69) is 17.1 Å². The number of hydrogen-bond acceptors (Lipinski definition) is 2. The topological polar surface area (TPSA) is 70.2 Å². The number of hydrogen-bond donors (Lipinski definition) is 2. The SMILES string of the molecule is O=C(O)c1c[nH]c2cc#ccc2c1=O. The van der Waals surface area contributed by atoms with Crippen LogP contribution >= 0.6 is 0 Å². The molecule has 0 aliphatic heterocycles. The van der Waals surface area contributed by atoms with Gasteiger partial charge in [0.1, 0.15) is 5.56 Å². The van der Waals surface area contributed by atoms with Crippen LogP contribution in [-0.2, 0) is 0 Å². The third-order valence-corrected chi connectivity index (χ3v) is 1.90. The van der Waals surface area contributed by atoms with Crippen molar-refractivity contribution in [1.82, 2.24) is 4.98 Å². The number of carbonyl (C=O) groups is 1. The van der Waals surface area contributed by atoms with Gasteiger partial charge in [-0.1, -0.05) is 12.1 Å². The quantitative estimate of drug-likeness (QED) is 0.694. The number of H-pyrrole nitrogens is 1. The standard InChI is InChI=1S/C10H5NO3/c12-9-6-3-1-2-4-8(6)11-5-7(9)10(13)14/h3-5H,(H,11,12)(H,13,14). The van der Waals surface area contributed by atoms with E-state index in [9.17, 15) is 9.59 Å². The van der Waals surface area contributed by atoms with Gasteiger partial charge in [-0.3, -0.25) is 4.79 Å². The van der Waals surface area contributed by atoms with Gasteiger partial charge in [-0.15, -0.1) is 0 Å². The number of aromatic carboxylic acids is 1. The molecule has 2 N–H and O–H groups in total. The van der Waals surface area contributed by atoms with Crippen molar-refractivity contribution < 1.29 is 9.90 Å². The maximum absolute atomic E-state index is 11.5. The first-order chi connectivity index (χ1) is 6.70. The molecule has 1 aromatic heterocycles. The van der Waals surface area contributed by atoms with E-state index in [1.165, 1.54) is 12.3 Å². The van der Waals surface area contributed by atoms with Gasteiger partial charge in [-0.05, 0) is 0 Å². The summed E-state index contributed by atoms with van der Waals surface area (Å²) in [5.74, 6) is -1.24. The number of aromatic nitrogens is 1. The summed E-state index contributed by atoms with van der Waals surface area (Å²) in [6.45, 7) is 0. The van der Waals surface area contributed by atoms with Gasteiger partial charge in [0.05, 0.1) is 10.9 Å². The Bertz CT molecular complexity index is 557. The zero-order valence-electron chi connectivity index (χ0n) is 7.00. The summed E-state index contributed by atoms with van der Waals surface area (Å²) in [7, 11) is 0. The summed E-state index contributed by atoms with van der Waals surface area (Å²) in [6, 6.07) is 8.23. The minimum Gasteiger partial charge on any atom is -0.477 e. The lowest BCUT2D eigenvalue weighted by molar-refractivity contribution is 0.0695. The van der Waals surface area contributed by atoms with Gasteiger partial charge < -0.3 is 10.1 Å². The molecule has 0 bridgehead atoms. The highest BCUT2D eigenvalue weighted by Crippen LogP contribution is 2.04. The van der Waals surface area contributed by atoms with Crippen LogP contribution in [0.1, 0.15) is 10.4 Å². The third-order valence-electron chi connectivity index (χ3n) is 1.90. The second-order valence-electron chi connectivity index (χ2n) is 2.74. The number of fused-ring (bicyclic) bond motifs is 1. The predicted molar refractivity (Wildman–Crippen MR) is 49.2 cm³/mol. The highest BCUT2D eigenvalue weighted by Gasteiger charge is 2.10. The summed E-state index contributed by atoms with van der Waals surface area (Å²) < 4.78 is 0. The first-order valence-corrected chi connectivity index (χ1v) is 3.86. The van der Waals surface area contributed by atoms with Crippen molar-refractivity contribution in [3.8, 4) is 0 Å². The summed E-state index contributed by atoms with van der Waals surface area (Å²) in [4.78, 5) is 24.9. The second-order valence-corrected chi connectivity index (χ2v) is 2.74. The van der Waals surface area contributed by atoms with Gasteiger partial charge in [0, 0.05) is 18.3 Å². The van der Waals surface area contributed by atoms with Gasteiger partial charge in [0.25, 0.3) is 0 Å². The van der Waals surface area contributed by atoms with E-state index in [-0.39, 0.29) is 5.56 Å². The van der Waals surface area contributed by atoms with Gasteiger partial charge in [0.15, 0.2) is 0 Å². The number of carboxylic acids is 1. The van der Waals surface area contributed by atoms with Crippen LogP contribution in [0.25, 0.3) is 10.9 Å². The fourth-order valence-electron chi connectivity index (χ4n) is 1.21. The Morgan fingerprint density at radius 3 is 2.79 bits per heavy atom. The van der Waals surface area contributed by atoms with Gasteiger partial charge in [-0.2, -0.15) is 0 Å². The van der Waals surface area contributed by atoms with Crippen molar-refractivity contribution in [1.29, 1.82) is 0 Å². The molecule has 0 spiro atoms. The van der Waals surface area contributed by atoms with Crippen molar-refractivity contribution >= 4 is 16.9 Å². The predicted octanol–water partition coefficient (Wildman–Crippen LogP) is 0.827. The van der Waals surface area contributed by atoms with Crippen LogP contribution in [0.5, 0.6) is 0 Å². The molecule has 2 rings (SSSR count). The first-order valence-electron chi connectivity index (χ1n) is 3.86. The Morgan fingerprint density at radius 1 is 1.36 bits per heavy atom. The number of pyridine rings is 1. The van der Waals surface area contributed by atoms with E-state index < -0.39 is 11.4 Å². The van der Waals surface area contributed by atoms with E-state index in [0.29, 0.717) is 10.9 Å². The molecule has 0 atom stereocenters. The van der Waals surface area contributed by atoms with Gasteiger partial charge in [0.2, 0.25) is 5.43 Å². The Morgan fingerprint density at radius 2 is 2.07 bits per heavy atom. The minimum absolute atomic E-state index is 0.267. The first kappa shape index (κ1) is 8.32. The number of aromatic amines is 1. The second kappa shape index (κ2) is 2.89. The molecule has 4 nitrogen and oxygen atoms in total. The summed E-state index contributed by atoms with van der Waals surface area (Å²) in [5, 5.41) is 9.00. The van der Waals surface area contributed by atoms with Gasteiger partial charge in [-0.25, -0.2) is 4.79 Å². The molecule has 0 aliphatic carbocycles. The Kier molecular flexibility index (Phi) is 1.72. The van der Waals surface area contributed by atoms with E-state index in [0.717, 1.165) is 0 Å². The van der Waals surface area contributed by atoms with E-state index >= 15 is 0 Å². The molecule has 1 aromatic carbocycles. The molecule has 0 saturated carbocycles. The van der Waals surface area contributed by atoms with Crippen LogP contribution in [-0.4, -0.2) is 16.1 Å². The lowest BCUT2D eigenvalue weighted by Gasteiger charge is -1.96. The van der Waals surface area contributed by atoms with Crippen molar-refractivity contribution in [3.63, 3.8) is 0 Å². The fourth-order valence-corrected chi connectivity index (χ4v) is 1.21. The summed E-state index contributed by atoms with van der Waals surface area (Å²) in [6.07, 6.45) is 1.18. The van der Waals surface area contributed by atoms with E-state index in [1.54, 1.807) is 6.07 Å². The number of rotatable bonds is 1. The maximum Gasteiger partial charge on any atom is 0.341 e. The molecule has 68 valence electrons. The highest BCUT2D eigenvalue weighted by atomic mass is 16.4. The van der Waals surface area contributed by atoms with Crippen LogP contribution in [0.4, 0.5) is 0 Å². The van der Waals surface area contributed by atoms with E-state index in [4.69, 9.17) is 5.11 Å². The Balaban J connectivity index is 2.89. The van der Waals surface area contributed by atoms with Crippen LogP contribution in [0, 0.1) is 12.1 Å². The van der Waals surface area contributed by atoms with E-state index in [1.807, 2.05) is 0 Å². The van der Waals surface area contributed by atoms with Crippen LogP contribution < -0.4 is 5.43 Å². The Hall–Kier alpha value is -2.28. The highest BCUT2D eigenvalue weighted by molar-refractivity contribution is 5.91. The van der Waals surface area contributed by atoms with Crippen LogP contribution in [0.3, 0.4) is 0 Å². The zero-order chi connectivity index (χ0) is 10.1. The molecule has 2 aromatic rings. The van der Waals surface area contributed by atoms with Crippen molar-refractivity contribution in [2.45, 2.75) is 0 Å². The fraction of sp³-hybridized carbons (Fsp3) is 0. The van der Waals surface area contributed by atoms with Crippen molar-refractivity contribution in [3.05, 3.63) is 46.2 Å². The summed E-state index contributed by atoms with van der Waals surface area (Å²) in [5.41, 5.74) is -0.215. The largest absolute Gasteiger partial charge is 0.477 e. The normalized spacial score (nSPS) is 9.71. The number of nitrogens with one attached hydrogen (secondary N) is 1. The maximum atomic E-state index is 11.5. The minimum atomic E-state index is -1.24. The smallest absolute Gasteiger partial charge is 0.341 e. The number of carboxylic acid groups (broad SMARTS) is 1. The van der Waals surface area contributed by atoms with Gasteiger partial charge >= 0.3 is 5.97 Å². The molecule has 1 heterocycles. The van der Waals surface area contributed by atoms with Crippen molar-refractivity contribution in [2.75, 3.05) is 0 Å². The van der Waals surface area contributed by atoms with Crippen molar-refractivity contribution in [2.24, 2.45) is 0 Å². The monoisotopic (exact) mass is 187 g/mol. The van der Waals surface area contributed by atoms with Crippen LogP contribution in [0.15, 0.2) is 23.1 Å². The zero-order valence-corrected chi connectivity index (χ0v) is 7.00. The molecular formula is C10H5NO3. The molecule has 0 amide bonds. The lowest BCUT2D eigenvalue weighted by atomic mass is 10.2. The average Bonchev–Trinajstić information content (AvgIpc) is 2.18. The third kappa shape index (κ3) is 1.12. The molecule has 0 saturated heterocycles. The molecule has 0 unspecified atom stereocenters. The molecule has 14 heavy (non-hydrogen) atoms. The molecule has 0 radical (unpaired) electrons. The summed E-state index contributed by atoms with van der Waals surface area (Å²) >= 11 is 0. The molecule has 0 fully saturated rings.